The maximum atomic E-state index is 14.5. The molecule has 0 spiro atoms. The minimum atomic E-state index is -0.403. The van der Waals surface area contributed by atoms with Crippen molar-refractivity contribution >= 4 is 21.9 Å². The molecule has 0 saturated heterocycles. The van der Waals surface area contributed by atoms with E-state index < -0.39 is 5.82 Å². The molecule has 0 radical (unpaired) electrons. The summed E-state index contributed by atoms with van der Waals surface area (Å²) in [7, 11) is 3.91. The Bertz CT molecular complexity index is 1670. The van der Waals surface area contributed by atoms with Gasteiger partial charge in [0.1, 0.15) is 29.4 Å². The summed E-state index contributed by atoms with van der Waals surface area (Å²) in [5.41, 5.74) is 5.55. The van der Waals surface area contributed by atoms with Gasteiger partial charge < -0.3 is 14.6 Å². The van der Waals surface area contributed by atoms with E-state index in [2.05, 4.69) is 35.3 Å². The van der Waals surface area contributed by atoms with Crippen LogP contribution in [-0.4, -0.2) is 72.5 Å². The number of H-pyrrole nitrogens is 3. The first-order valence-electron chi connectivity index (χ1n) is 11.3. The number of benzene rings is 1. The first-order valence-corrected chi connectivity index (χ1v) is 11.3. The number of hydrogen-bond acceptors (Lipinski definition) is 7. The lowest BCUT2D eigenvalue weighted by Gasteiger charge is -2.12. The Morgan fingerprint density at radius 1 is 1.00 bits per heavy atom. The quantitative estimate of drug-likeness (QED) is 0.313. The van der Waals surface area contributed by atoms with Crippen LogP contribution in [0.25, 0.3) is 56.0 Å². The van der Waals surface area contributed by atoms with E-state index in [9.17, 15) is 4.39 Å². The highest BCUT2D eigenvalue weighted by atomic mass is 19.1. The monoisotopic (exact) mass is 483 g/mol. The highest BCUT2D eigenvalue weighted by Gasteiger charge is 2.18. The Kier molecular flexibility index (Phi) is 5.38. The molecule has 5 aromatic heterocycles. The molecular formula is C25H22FN9O. The van der Waals surface area contributed by atoms with Gasteiger partial charge in [-0.2, -0.15) is 10.2 Å². The first kappa shape index (κ1) is 21.9. The van der Waals surface area contributed by atoms with Crippen molar-refractivity contribution in [2.24, 2.45) is 0 Å². The van der Waals surface area contributed by atoms with Crippen LogP contribution in [0.5, 0.6) is 5.75 Å². The number of likely N-dealkylation sites (N-methyl/N-ethyl adjacent to an activating group) is 1. The number of nitrogens with one attached hydrogen (secondary N) is 3. The number of aromatic amines is 3. The lowest BCUT2D eigenvalue weighted by atomic mass is 10.1. The molecule has 1 aromatic carbocycles. The van der Waals surface area contributed by atoms with Crippen molar-refractivity contribution in [1.82, 2.24) is 45.2 Å². The van der Waals surface area contributed by atoms with Crippen molar-refractivity contribution in [3.8, 4) is 39.8 Å². The number of pyridine rings is 2. The van der Waals surface area contributed by atoms with Crippen molar-refractivity contribution in [2.75, 3.05) is 27.2 Å². The topological polar surface area (TPSA) is 124 Å². The molecule has 0 amide bonds. The molecule has 10 nitrogen and oxygen atoms in total. The third kappa shape index (κ3) is 4.05. The predicted molar refractivity (Wildman–Crippen MR) is 134 cm³/mol. The zero-order chi connectivity index (χ0) is 24.6. The summed E-state index contributed by atoms with van der Waals surface area (Å²) in [5, 5.41) is 15.1. The van der Waals surface area contributed by atoms with Crippen molar-refractivity contribution in [3.05, 3.63) is 60.9 Å². The van der Waals surface area contributed by atoms with E-state index >= 15 is 0 Å². The summed E-state index contributed by atoms with van der Waals surface area (Å²) in [4.78, 5) is 19.1. The van der Waals surface area contributed by atoms with Gasteiger partial charge in [-0.3, -0.25) is 20.2 Å². The van der Waals surface area contributed by atoms with Gasteiger partial charge in [0.25, 0.3) is 0 Å². The van der Waals surface area contributed by atoms with Gasteiger partial charge in [-0.25, -0.2) is 9.37 Å². The van der Waals surface area contributed by atoms with E-state index in [-0.39, 0.29) is 0 Å². The molecule has 0 aliphatic carbocycles. The van der Waals surface area contributed by atoms with E-state index in [1.54, 1.807) is 30.9 Å². The van der Waals surface area contributed by atoms with Crippen LogP contribution in [0.3, 0.4) is 0 Å². The molecule has 0 saturated carbocycles. The smallest absolute Gasteiger partial charge is 0.159 e. The van der Waals surface area contributed by atoms with Gasteiger partial charge in [-0.1, -0.05) is 0 Å². The SMILES string of the molecule is CN(C)CCOc1cc(F)cc(-c2nccc3[nH]c(-c4n[nH]c5cnc(-c6cn[nH]c6)cc45)nc23)c1. The van der Waals surface area contributed by atoms with E-state index in [4.69, 9.17) is 9.72 Å². The summed E-state index contributed by atoms with van der Waals surface area (Å²) < 4.78 is 20.2. The molecule has 6 aromatic rings. The average Bonchev–Trinajstić information content (AvgIpc) is 3.62. The lowest BCUT2D eigenvalue weighted by molar-refractivity contribution is 0.260. The highest BCUT2D eigenvalue weighted by molar-refractivity contribution is 5.96. The van der Waals surface area contributed by atoms with E-state index in [0.29, 0.717) is 40.6 Å². The van der Waals surface area contributed by atoms with Crippen LogP contribution in [0, 0.1) is 5.82 Å². The van der Waals surface area contributed by atoms with Crippen LogP contribution in [0.1, 0.15) is 0 Å². The third-order valence-electron chi connectivity index (χ3n) is 5.82. The second kappa shape index (κ2) is 8.86. The summed E-state index contributed by atoms with van der Waals surface area (Å²) in [6.45, 7) is 1.17. The van der Waals surface area contributed by atoms with Crippen molar-refractivity contribution in [3.63, 3.8) is 0 Å². The molecule has 3 N–H and O–H groups in total. The minimum absolute atomic E-state index is 0.403. The minimum Gasteiger partial charge on any atom is -0.492 e. The number of ether oxygens (including phenoxy) is 1. The molecule has 0 aliphatic rings. The maximum absolute atomic E-state index is 14.5. The van der Waals surface area contributed by atoms with Crippen LogP contribution in [0.4, 0.5) is 4.39 Å². The van der Waals surface area contributed by atoms with Gasteiger partial charge in [-0.05, 0) is 38.4 Å². The van der Waals surface area contributed by atoms with Gasteiger partial charge in [0.15, 0.2) is 5.82 Å². The molecule has 0 unspecified atom stereocenters. The number of fused-ring (bicyclic) bond motifs is 2. The van der Waals surface area contributed by atoms with Crippen molar-refractivity contribution < 1.29 is 9.13 Å². The molecule has 5 heterocycles. The van der Waals surface area contributed by atoms with Gasteiger partial charge in [0.05, 0.1) is 34.8 Å². The number of nitrogens with zero attached hydrogens (tertiary/aromatic N) is 6. The number of imidazole rings is 1. The standard InChI is InChI=1S/C25H22FN9O/c1-35(2)5-6-36-17-8-14(7-16(26)9-17)22-24-19(3-4-27-22)31-25(32-24)23-18-10-20(15-11-29-30-12-15)28-13-21(18)33-34-23/h3-4,7-13H,5-6H2,1-2H3,(H,29,30)(H,31,32)(H,33,34). The molecule has 36 heavy (non-hydrogen) atoms. The Hall–Kier alpha value is -4.64. The maximum Gasteiger partial charge on any atom is 0.159 e. The number of rotatable bonds is 7. The van der Waals surface area contributed by atoms with Crippen LogP contribution in [0.15, 0.2) is 55.1 Å². The summed E-state index contributed by atoms with van der Waals surface area (Å²) in [5.74, 6) is 0.604. The summed E-state index contributed by atoms with van der Waals surface area (Å²) in [6.07, 6.45) is 6.89. The van der Waals surface area contributed by atoms with Crippen LogP contribution in [-0.2, 0) is 0 Å². The highest BCUT2D eigenvalue weighted by Crippen LogP contribution is 2.33. The second-order valence-corrected chi connectivity index (χ2v) is 8.64. The zero-order valence-corrected chi connectivity index (χ0v) is 19.6. The van der Waals surface area contributed by atoms with E-state index in [1.807, 2.05) is 31.1 Å². The van der Waals surface area contributed by atoms with Crippen LogP contribution >= 0.6 is 0 Å². The lowest BCUT2D eigenvalue weighted by Crippen LogP contribution is -2.19. The molecule has 11 heteroatoms. The number of halogens is 1. The van der Waals surface area contributed by atoms with Crippen LogP contribution in [0.2, 0.25) is 0 Å². The van der Waals surface area contributed by atoms with Gasteiger partial charge in [0, 0.05) is 41.5 Å². The third-order valence-corrected chi connectivity index (χ3v) is 5.82. The normalized spacial score (nSPS) is 11.7. The zero-order valence-electron chi connectivity index (χ0n) is 19.6. The average molecular weight is 484 g/mol. The molecule has 0 fully saturated rings. The molecular weight excluding hydrogens is 461 g/mol. The van der Waals surface area contributed by atoms with Crippen molar-refractivity contribution in [2.45, 2.75) is 0 Å². The fraction of sp³-hybridized carbons (Fsp3) is 0.160. The van der Waals surface area contributed by atoms with Crippen molar-refractivity contribution in [1.29, 1.82) is 0 Å². The fourth-order valence-electron chi connectivity index (χ4n) is 4.03. The molecule has 6 rings (SSSR count). The number of hydrogen-bond donors (Lipinski definition) is 3. The van der Waals surface area contributed by atoms with Gasteiger partial charge in [0.2, 0.25) is 0 Å². The Morgan fingerprint density at radius 2 is 1.92 bits per heavy atom. The first-order chi connectivity index (χ1) is 17.5. The second-order valence-electron chi connectivity index (χ2n) is 8.64. The predicted octanol–water partition coefficient (Wildman–Crippen LogP) is 4.03. The van der Waals surface area contributed by atoms with Gasteiger partial charge >= 0.3 is 0 Å². The van der Waals surface area contributed by atoms with E-state index in [1.165, 1.54) is 12.1 Å². The summed E-state index contributed by atoms with van der Waals surface area (Å²) >= 11 is 0. The van der Waals surface area contributed by atoms with Gasteiger partial charge in [-0.15, -0.1) is 0 Å². The molecule has 0 aliphatic heterocycles. The molecule has 180 valence electrons. The molecule has 0 bridgehead atoms. The largest absolute Gasteiger partial charge is 0.492 e. The fourth-order valence-corrected chi connectivity index (χ4v) is 4.03. The molecule has 0 atom stereocenters. The Labute approximate surface area is 204 Å². The van der Waals surface area contributed by atoms with E-state index in [0.717, 1.165) is 34.2 Å². The summed E-state index contributed by atoms with van der Waals surface area (Å²) in [6, 6.07) is 8.35. The Balaban J connectivity index is 1.41. The number of aromatic nitrogens is 8. The van der Waals surface area contributed by atoms with Crippen LogP contribution < -0.4 is 4.74 Å². The Morgan fingerprint density at radius 3 is 2.75 bits per heavy atom.